The van der Waals surface area contributed by atoms with Gasteiger partial charge >= 0.3 is 0 Å². The molecule has 0 unspecified atom stereocenters. The van der Waals surface area contributed by atoms with Crippen molar-refractivity contribution in [1.29, 1.82) is 0 Å². The lowest BCUT2D eigenvalue weighted by atomic mass is 10.2. The average molecular weight is 153 g/mol. The van der Waals surface area contributed by atoms with E-state index in [1.807, 2.05) is 0 Å². The van der Waals surface area contributed by atoms with Crippen molar-refractivity contribution >= 4 is 5.84 Å². The van der Waals surface area contributed by atoms with Crippen LogP contribution in [0.3, 0.4) is 0 Å². The molecule has 1 radical (unpaired) electrons. The minimum Gasteiger partial charge on any atom is -0.390 e. The highest BCUT2D eigenvalue weighted by Crippen LogP contribution is 2.03. The zero-order valence-corrected chi connectivity index (χ0v) is 6.62. The normalized spacial score (nSPS) is 20.9. The molecule has 1 aliphatic rings. The third kappa shape index (κ3) is 3.07. The zero-order valence-electron chi connectivity index (χ0n) is 6.62. The molecule has 0 spiro atoms. The van der Waals surface area contributed by atoms with Gasteiger partial charge in [0.15, 0.2) is 5.84 Å². The van der Waals surface area contributed by atoms with Gasteiger partial charge < -0.3 is 4.84 Å². The maximum Gasteiger partial charge on any atom is 0.163 e. The van der Waals surface area contributed by atoms with Crippen molar-refractivity contribution in [3.8, 4) is 0 Å². The summed E-state index contributed by atoms with van der Waals surface area (Å²) in [6.45, 7) is 4.89. The molecule has 1 rings (SSSR count). The van der Waals surface area contributed by atoms with Gasteiger partial charge in [-0.15, -0.1) is 0 Å². The van der Waals surface area contributed by atoms with Gasteiger partial charge in [0.05, 0.1) is 0 Å². The molecule has 1 fully saturated rings. The molecule has 11 heavy (non-hydrogen) atoms. The van der Waals surface area contributed by atoms with Crippen molar-refractivity contribution in [3.63, 3.8) is 0 Å². The van der Waals surface area contributed by atoms with E-state index in [-0.39, 0.29) is 0 Å². The van der Waals surface area contributed by atoms with Crippen LogP contribution in [0, 0.1) is 0 Å². The standard InChI is InChI=1S/C8H13N2O/c1-2-7-11-10-8-5-3-4-6-9-8/h2H,1,3-7H2. The lowest BCUT2D eigenvalue weighted by Crippen LogP contribution is -2.22. The van der Waals surface area contributed by atoms with E-state index in [0.29, 0.717) is 6.61 Å². The molecule has 0 aromatic carbocycles. The average Bonchev–Trinajstić information content (AvgIpc) is 2.07. The van der Waals surface area contributed by atoms with Crippen LogP contribution in [0.2, 0.25) is 0 Å². The van der Waals surface area contributed by atoms with Crippen LogP contribution >= 0.6 is 0 Å². The summed E-state index contributed by atoms with van der Waals surface area (Å²) in [5, 5.41) is 8.04. The van der Waals surface area contributed by atoms with E-state index in [2.05, 4.69) is 17.1 Å². The highest BCUT2D eigenvalue weighted by atomic mass is 16.6. The number of amidine groups is 1. The zero-order chi connectivity index (χ0) is 7.94. The van der Waals surface area contributed by atoms with Gasteiger partial charge in [0, 0.05) is 13.0 Å². The van der Waals surface area contributed by atoms with Crippen LogP contribution in [0.5, 0.6) is 0 Å². The fraction of sp³-hybridized carbons (Fsp3) is 0.625. The molecule has 0 amide bonds. The van der Waals surface area contributed by atoms with Crippen LogP contribution < -0.4 is 5.32 Å². The third-order valence-corrected chi connectivity index (χ3v) is 1.47. The molecule has 3 nitrogen and oxygen atoms in total. The highest BCUT2D eigenvalue weighted by Gasteiger charge is 2.06. The van der Waals surface area contributed by atoms with Crippen molar-refractivity contribution in [3.05, 3.63) is 12.7 Å². The monoisotopic (exact) mass is 153 g/mol. The Bertz CT molecular complexity index is 146. The second-order valence-electron chi connectivity index (χ2n) is 2.43. The SMILES string of the molecule is C=CCON=C1CCCC[N]1. The molecule has 0 bridgehead atoms. The third-order valence-electron chi connectivity index (χ3n) is 1.47. The second-order valence-corrected chi connectivity index (χ2v) is 2.43. The predicted octanol–water partition coefficient (Wildman–Crippen LogP) is 1.29. The highest BCUT2D eigenvalue weighted by molar-refractivity contribution is 5.81. The summed E-state index contributed by atoms with van der Waals surface area (Å²) in [6.07, 6.45) is 4.99. The first-order valence-electron chi connectivity index (χ1n) is 3.90. The van der Waals surface area contributed by atoms with Crippen LogP contribution in [0.4, 0.5) is 0 Å². The van der Waals surface area contributed by atoms with E-state index < -0.39 is 0 Å². The first-order chi connectivity index (χ1) is 5.43. The van der Waals surface area contributed by atoms with E-state index in [4.69, 9.17) is 4.84 Å². The Morgan fingerprint density at radius 3 is 3.18 bits per heavy atom. The van der Waals surface area contributed by atoms with Gasteiger partial charge in [0.2, 0.25) is 0 Å². The molecule has 3 heteroatoms. The molecule has 0 aliphatic carbocycles. The fourth-order valence-electron chi connectivity index (χ4n) is 0.921. The van der Waals surface area contributed by atoms with E-state index >= 15 is 0 Å². The molecule has 1 saturated heterocycles. The summed E-state index contributed by atoms with van der Waals surface area (Å²) in [5.41, 5.74) is 0. The maximum absolute atomic E-state index is 4.90. The summed E-state index contributed by atoms with van der Waals surface area (Å²) in [6, 6.07) is 0. The van der Waals surface area contributed by atoms with Crippen LogP contribution in [0.25, 0.3) is 0 Å². The Hall–Kier alpha value is -0.990. The minimum absolute atomic E-state index is 0.471. The van der Waals surface area contributed by atoms with Crippen LogP contribution in [-0.4, -0.2) is 19.0 Å². The summed E-state index contributed by atoms with van der Waals surface area (Å²) in [7, 11) is 0. The van der Waals surface area contributed by atoms with Crippen molar-refractivity contribution in [2.45, 2.75) is 19.3 Å². The van der Waals surface area contributed by atoms with Gasteiger partial charge in [0.25, 0.3) is 0 Å². The first-order valence-corrected chi connectivity index (χ1v) is 3.90. The Kier molecular flexibility index (Phi) is 3.52. The second kappa shape index (κ2) is 4.77. The van der Waals surface area contributed by atoms with Crippen molar-refractivity contribution in [1.82, 2.24) is 5.32 Å². The summed E-state index contributed by atoms with van der Waals surface area (Å²) in [4.78, 5) is 4.90. The molecule has 0 N–H and O–H groups in total. The van der Waals surface area contributed by atoms with E-state index in [0.717, 1.165) is 18.8 Å². The number of hydrogen-bond donors (Lipinski definition) is 0. The Labute approximate surface area is 67.1 Å². The van der Waals surface area contributed by atoms with Crippen LogP contribution in [0.15, 0.2) is 17.8 Å². The van der Waals surface area contributed by atoms with Gasteiger partial charge in [-0.25, -0.2) is 0 Å². The molecule has 0 aromatic heterocycles. The molecule has 1 aliphatic heterocycles. The van der Waals surface area contributed by atoms with Gasteiger partial charge in [-0.05, 0) is 12.8 Å². The molecule has 0 saturated carbocycles. The topological polar surface area (TPSA) is 35.7 Å². The molecular formula is C8H13N2O. The number of hydrogen-bond acceptors (Lipinski definition) is 2. The van der Waals surface area contributed by atoms with Gasteiger partial charge in [-0.1, -0.05) is 17.8 Å². The van der Waals surface area contributed by atoms with Gasteiger partial charge in [0.1, 0.15) is 6.61 Å². The molecule has 0 aromatic rings. The molecular weight excluding hydrogens is 140 g/mol. The van der Waals surface area contributed by atoms with Gasteiger partial charge in [-0.2, -0.15) is 0 Å². The number of nitrogens with zero attached hydrogens (tertiary/aromatic N) is 2. The Balaban J connectivity index is 2.20. The minimum atomic E-state index is 0.471. The largest absolute Gasteiger partial charge is 0.390 e. The lowest BCUT2D eigenvalue weighted by Gasteiger charge is -2.11. The summed E-state index contributed by atoms with van der Waals surface area (Å²) < 4.78 is 0. The first kappa shape index (κ1) is 8.11. The maximum atomic E-state index is 4.90. The molecule has 0 atom stereocenters. The van der Waals surface area contributed by atoms with E-state index in [1.165, 1.54) is 12.8 Å². The van der Waals surface area contributed by atoms with Crippen molar-refractivity contribution < 1.29 is 4.84 Å². The van der Waals surface area contributed by atoms with Crippen LogP contribution in [0.1, 0.15) is 19.3 Å². The van der Waals surface area contributed by atoms with Crippen molar-refractivity contribution in [2.24, 2.45) is 5.16 Å². The summed E-state index contributed by atoms with van der Waals surface area (Å²) >= 11 is 0. The lowest BCUT2D eigenvalue weighted by molar-refractivity contribution is 0.172. The Morgan fingerprint density at radius 2 is 2.55 bits per heavy atom. The number of oxime groups is 1. The summed E-state index contributed by atoms with van der Waals surface area (Å²) in [5.74, 6) is 0.845. The smallest absolute Gasteiger partial charge is 0.163 e. The number of piperidine rings is 1. The fourth-order valence-corrected chi connectivity index (χ4v) is 0.921. The van der Waals surface area contributed by atoms with Gasteiger partial charge in [-0.3, -0.25) is 5.32 Å². The van der Waals surface area contributed by atoms with Crippen LogP contribution in [-0.2, 0) is 4.84 Å². The van der Waals surface area contributed by atoms with E-state index in [1.54, 1.807) is 6.08 Å². The van der Waals surface area contributed by atoms with Crippen molar-refractivity contribution in [2.75, 3.05) is 13.2 Å². The molecule has 61 valence electrons. The Morgan fingerprint density at radius 1 is 1.64 bits per heavy atom. The molecule has 1 heterocycles. The quantitative estimate of drug-likeness (QED) is 0.342. The number of rotatable bonds is 3. The predicted molar refractivity (Wildman–Crippen MR) is 44.4 cm³/mol. The van der Waals surface area contributed by atoms with E-state index in [9.17, 15) is 0 Å².